The van der Waals surface area contributed by atoms with Gasteiger partial charge in [0.2, 0.25) is 5.91 Å². The maximum absolute atomic E-state index is 12.3. The number of nitrogens with one attached hydrogen (secondary N) is 1. The van der Waals surface area contributed by atoms with E-state index in [1.165, 1.54) is 6.07 Å². The van der Waals surface area contributed by atoms with Gasteiger partial charge in [-0.25, -0.2) is 0 Å². The average Bonchev–Trinajstić information content (AvgIpc) is 3.30. The average molecular weight is 331 g/mol. The van der Waals surface area contributed by atoms with Gasteiger partial charge < -0.3 is 5.32 Å². The van der Waals surface area contributed by atoms with Crippen LogP contribution >= 0.6 is 11.6 Å². The molecule has 0 bridgehead atoms. The minimum atomic E-state index is -0.450. The Morgan fingerprint density at radius 1 is 1.30 bits per heavy atom. The number of nitrogens with zero attached hydrogens (tertiary/aromatic N) is 1. The van der Waals surface area contributed by atoms with E-state index in [2.05, 4.69) is 5.32 Å². The molecule has 6 heteroatoms. The number of benzene rings is 2. The van der Waals surface area contributed by atoms with Gasteiger partial charge in [-0.3, -0.25) is 14.9 Å². The van der Waals surface area contributed by atoms with E-state index in [-0.39, 0.29) is 23.4 Å². The smallest absolute Gasteiger partial charge is 0.274 e. The van der Waals surface area contributed by atoms with Crippen LogP contribution in [0, 0.1) is 23.0 Å². The highest BCUT2D eigenvalue weighted by Crippen LogP contribution is 2.50. The van der Waals surface area contributed by atoms with Crippen molar-refractivity contribution in [3.05, 3.63) is 68.7 Å². The Morgan fingerprint density at radius 2 is 2.04 bits per heavy atom. The summed E-state index contributed by atoms with van der Waals surface area (Å²) in [4.78, 5) is 22.8. The molecule has 1 fully saturated rings. The first-order chi connectivity index (χ1) is 11.0. The molecule has 0 aromatic heterocycles. The van der Waals surface area contributed by atoms with E-state index in [0.717, 1.165) is 12.0 Å². The Hall–Kier alpha value is -2.40. The first-order valence-corrected chi connectivity index (χ1v) is 7.65. The molecule has 0 saturated heterocycles. The number of rotatable bonds is 4. The molecule has 1 aliphatic carbocycles. The van der Waals surface area contributed by atoms with Crippen LogP contribution in [0.25, 0.3) is 0 Å². The van der Waals surface area contributed by atoms with Crippen LogP contribution in [0.5, 0.6) is 0 Å². The van der Waals surface area contributed by atoms with Gasteiger partial charge in [-0.05, 0) is 37.0 Å². The minimum Gasteiger partial charge on any atom is -0.326 e. The molecule has 2 aromatic rings. The van der Waals surface area contributed by atoms with Crippen LogP contribution in [0.15, 0.2) is 42.5 Å². The van der Waals surface area contributed by atoms with Gasteiger partial charge in [0.25, 0.3) is 5.69 Å². The lowest BCUT2D eigenvalue weighted by Crippen LogP contribution is -2.14. The Kier molecular flexibility index (Phi) is 4.05. The second-order valence-corrected chi connectivity index (χ2v) is 6.13. The van der Waals surface area contributed by atoms with E-state index < -0.39 is 4.92 Å². The number of hydrogen-bond acceptors (Lipinski definition) is 3. The van der Waals surface area contributed by atoms with Gasteiger partial charge >= 0.3 is 0 Å². The van der Waals surface area contributed by atoms with Crippen molar-refractivity contribution in [1.82, 2.24) is 0 Å². The summed E-state index contributed by atoms with van der Waals surface area (Å²) in [6, 6.07) is 12.2. The van der Waals surface area contributed by atoms with Crippen molar-refractivity contribution in [2.75, 3.05) is 5.32 Å². The third-order valence-corrected chi connectivity index (χ3v) is 4.45. The molecule has 1 aliphatic rings. The number of amides is 1. The SMILES string of the molecule is Cc1ccc(NC(=O)C2CC2c2ccccc2Cl)cc1[N+](=O)[O-]. The standard InChI is InChI=1S/C17H15ClN2O3/c1-10-6-7-11(8-16(10)20(22)23)19-17(21)14-9-13(14)12-4-2-3-5-15(12)18/h2-8,13-14H,9H2,1H3,(H,19,21). The zero-order valence-corrected chi connectivity index (χ0v) is 13.2. The van der Waals surface area contributed by atoms with Crippen LogP contribution in [0.4, 0.5) is 11.4 Å². The molecule has 0 heterocycles. The van der Waals surface area contributed by atoms with Gasteiger partial charge in [-0.15, -0.1) is 0 Å². The summed E-state index contributed by atoms with van der Waals surface area (Å²) < 4.78 is 0. The molecule has 5 nitrogen and oxygen atoms in total. The van der Waals surface area contributed by atoms with Crippen LogP contribution in [0.1, 0.15) is 23.5 Å². The number of carbonyl (C=O) groups is 1. The molecule has 118 valence electrons. The van der Waals surface area contributed by atoms with Crippen molar-refractivity contribution in [2.24, 2.45) is 5.92 Å². The Morgan fingerprint density at radius 3 is 2.74 bits per heavy atom. The lowest BCUT2D eigenvalue weighted by molar-refractivity contribution is -0.385. The van der Waals surface area contributed by atoms with Gasteiger partial charge in [-0.1, -0.05) is 35.9 Å². The number of aryl methyl sites for hydroxylation is 1. The second-order valence-electron chi connectivity index (χ2n) is 5.72. The summed E-state index contributed by atoms with van der Waals surface area (Å²) in [5.41, 5.74) is 1.98. The van der Waals surface area contributed by atoms with E-state index >= 15 is 0 Å². The predicted octanol–water partition coefficient (Wildman–Crippen LogP) is 4.30. The number of nitro benzene ring substituents is 1. The topological polar surface area (TPSA) is 72.2 Å². The van der Waals surface area contributed by atoms with Crippen LogP contribution in [-0.4, -0.2) is 10.8 Å². The van der Waals surface area contributed by atoms with Crippen molar-refractivity contribution >= 4 is 28.9 Å². The summed E-state index contributed by atoms with van der Waals surface area (Å²) in [6.45, 7) is 1.66. The van der Waals surface area contributed by atoms with Gasteiger partial charge in [0.05, 0.1) is 4.92 Å². The number of hydrogen-bond donors (Lipinski definition) is 1. The zero-order valence-electron chi connectivity index (χ0n) is 12.5. The molecule has 0 radical (unpaired) electrons. The van der Waals surface area contributed by atoms with E-state index in [0.29, 0.717) is 16.3 Å². The van der Waals surface area contributed by atoms with Gasteiger partial charge in [0.1, 0.15) is 0 Å². The molecule has 23 heavy (non-hydrogen) atoms. The maximum atomic E-state index is 12.3. The Balaban J connectivity index is 1.71. The summed E-state index contributed by atoms with van der Waals surface area (Å²) in [5, 5.41) is 14.4. The lowest BCUT2D eigenvalue weighted by atomic mass is 10.1. The van der Waals surface area contributed by atoms with E-state index in [9.17, 15) is 14.9 Å². The van der Waals surface area contributed by atoms with E-state index in [1.54, 1.807) is 19.1 Å². The van der Waals surface area contributed by atoms with Gasteiger partial charge in [-0.2, -0.15) is 0 Å². The minimum absolute atomic E-state index is 0.00116. The highest BCUT2D eigenvalue weighted by atomic mass is 35.5. The second kappa shape index (κ2) is 6.01. The highest BCUT2D eigenvalue weighted by Gasteiger charge is 2.44. The monoisotopic (exact) mass is 330 g/mol. The highest BCUT2D eigenvalue weighted by molar-refractivity contribution is 6.31. The molecule has 0 aliphatic heterocycles. The first kappa shape index (κ1) is 15.5. The van der Waals surface area contributed by atoms with Crippen molar-refractivity contribution in [3.8, 4) is 0 Å². The number of halogens is 1. The van der Waals surface area contributed by atoms with Gasteiger partial charge in [0.15, 0.2) is 0 Å². The summed E-state index contributed by atoms with van der Waals surface area (Å²) in [7, 11) is 0. The quantitative estimate of drug-likeness (QED) is 0.671. The van der Waals surface area contributed by atoms with E-state index in [1.807, 2.05) is 24.3 Å². The third kappa shape index (κ3) is 3.19. The molecule has 1 saturated carbocycles. The zero-order chi connectivity index (χ0) is 16.6. The largest absolute Gasteiger partial charge is 0.326 e. The van der Waals surface area contributed by atoms with Crippen molar-refractivity contribution in [1.29, 1.82) is 0 Å². The van der Waals surface area contributed by atoms with Crippen LogP contribution < -0.4 is 5.32 Å². The number of anilines is 1. The van der Waals surface area contributed by atoms with Crippen LogP contribution in [0.3, 0.4) is 0 Å². The fourth-order valence-electron chi connectivity index (χ4n) is 2.72. The molecule has 1 N–H and O–H groups in total. The van der Waals surface area contributed by atoms with Crippen molar-refractivity contribution < 1.29 is 9.72 Å². The molecule has 1 amide bonds. The molecule has 2 unspecified atom stereocenters. The Bertz CT molecular complexity index is 791. The first-order valence-electron chi connectivity index (χ1n) is 7.27. The number of nitro groups is 1. The fraction of sp³-hybridized carbons (Fsp3) is 0.235. The summed E-state index contributed by atoms with van der Waals surface area (Å²) in [6.07, 6.45) is 0.740. The predicted molar refractivity (Wildman–Crippen MR) is 88.8 cm³/mol. The molecule has 0 spiro atoms. The normalized spacial score (nSPS) is 19.2. The maximum Gasteiger partial charge on any atom is 0.274 e. The van der Waals surface area contributed by atoms with E-state index in [4.69, 9.17) is 11.6 Å². The summed E-state index contributed by atoms with van der Waals surface area (Å²) in [5.74, 6) is -0.160. The Labute approximate surface area is 138 Å². The molecular formula is C17H15ClN2O3. The summed E-state index contributed by atoms with van der Waals surface area (Å²) >= 11 is 6.16. The molecular weight excluding hydrogens is 316 g/mol. The fourth-order valence-corrected chi connectivity index (χ4v) is 3.00. The molecule has 2 aromatic carbocycles. The lowest BCUT2D eigenvalue weighted by Gasteiger charge is -2.07. The van der Waals surface area contributed by atoms with Crippen molar-refractivity contribution in [3.63, 3.8) is 0 Å². The van der Waals surface area contributed by atoms with Crippen LogP contribution in [0.2, 0.25) is 5.02 Å². The third-order valence-electron chi connectivity index (χ3n) is 4.11. The van der Waals surface area contributed by atoms with Crippen LogP contribution in [-0.2, 0) is 4.79 Å². The molecule has 3 rings (SSSR count). The number of carbonyl (C=O) groups excluding carboxylic acids is 1. The van der Waals surface area contributed by atoms with Crippen molar-refractivity contribution in [2.45, 2.75) is 19.3 Å². The van der Waals surface area contributed by atoms with Gasteiger partial charge in [0, 0.05) is 28.3 Å². The molecule has 2 atom stereocenters.